The first-order valence-corrected chi connectivity index (χ1v) is 6.04. The van der Waals surface area contributed by atoms with Gasteiger partial charge >= 0.3 is 0 Å². The molecule has 0 saturated heterocycles. The van der Waals surface area contributed by atoms with Crippen LogP contribution in [0.3, 0.4) is 0 Å². The second-order valence-electron chi connectivity index (χ2n) is 4.23. The van der Waals surface area contributed by atoms with Crippen LogP contribution in [0.25, 0.3) is 4.85 Å². The SMILES string of the molecule is [C-]#[N+]c1cc(CCN)ccc1Oc1ccc(C)cn1. The third kappa shape index (κ3) is 3.30. The van der Waals surface area contributed by atoms with Crippen LogP contribution in [-0.4, -0.2) is 11.5 Å². The lowest BCUT2D eigenvalue weighted by Gasteiger charge is -2.08. The second-order valence-corrected chi connectivity index (χ2v) is 4.23. The number of benzene rings is 1. The Labute approximate surface area is 112 Å². The molecule has 2 N–H and O–H groups in total. The van der Waals surface area contributed by atoms with Crippen molar-refractivity contribution in [3.05, 3.63) is 59.1 Å². The predicted octanol–water partition coefficient (Wildman–Crippen LogP) is 3.23. The van der Waals surface area contributed by atoms with Gasteiger partial charge in [-0.1, -0.05) is 17.7 Å². The van der Waals surface area contributed by atoms with E-state index < -0.39 is 0 Å². The van der Waals surface area contributed by atoms with Gasteiger partial charge in [-0.05, 0) is 37.6 Å². The molecule has 0 aliphatic rings. The van der Waals surface area contributed by atoms with Crippen LogP contribution in [0.15, 0.2) is 36.5 Å². The monoisotopic (exact) mass is 253 g/mol. The highest BCUT2D eigenvalue weighted by Crippen LogP contribution is 2.32. The summed E-state index contributed by atoms with van der Waals surface area (Å²) >= 11 is 0. The molecule has 4 heteroatoms. The van der Waals surface area contributed by atoms with Crippen molar-refractivity contribution in [3.8, 4) is 11.6 Å². The standard InChI is InChI=1S/C15H15N3O/c1-11-3-6-15(18-10-11)19-14-5-4-12(7-8-16)9-13(14)17-2/h3-6,9-10H,7-8,16H2,1H3. The van der Waals surface area contributed by atoms with Crippen molar-refractivity contribution < 1.29 is 4.74 Å². The molecule has 0 radical (unpaired) electrons. The Hall–Kier alpha value is -2.38. The van der Waals surface area contributed by atoms with E-state index in [9.17, 15) is 0 Å². The largest absolute Gasteiger partial charge is 0.450 e. The Morgan fingerprint density at radius 3 is 2.79 bits per heavy atom. The zero-order chi connectivity index (χ0) is 13.7. The number of hydrogen-bond donors (Lipinski definition) is 1. The molecule has 0 amide bonds. The van der Waals surface area contributed by atoms with E-state index in [1.54, 1.807) is 18.3 Å². The molecule has 0 saturated carbocycles. The van der Waals surface area contributed by atoms with E-state index in [0.717, 1.165) is 17.5 Å². The molecule has 0 spiro atoms. The number of nitrogens with two attached hydrogens (primary N) is 1. The maximum Gasteiger partial charge on any atom is 0.229 e. The summed E-state index contributed by atoms with van der Waals surface area (Å²) in [4.78, 5) is 7.65. The first-order chi connectivity index (χ1) is 9.22. The van der Waals surface area contributed by atoms with E-state index >= 15 is 0 Å². The molecule has 0 aliphatic carbocycles. The van der Waals surface area contributed by atoms with Gasteiger partial charge in [0, 0.05) is 12.3 Å². The summed E-state index contributed by atoms with van der Waals surface area (Å²) in [6, 6.07) is 9.23. The zero-order valence-corrected chi connectivity index (χ0v) is 10.8. The van der Waals surface area contributed by atoms with Gasteiger partial charge in [-0.3, -0.25) is 0 Å². The quantitative estimate of drug-likeness (QED) is 0.851. The van der Waals surface area contributed by atoms with Crippen LogP contribution in [0.5, 0.6) is 11.6 Å². The normalized spacial score (nSPS) is 9.95. The van der Waals surface area contributed by atoms with Crippen molar-refractivity contribution in [2.24, 2.45) is 5.73 Å². The molecule has 0 unspecified atom stereocenters. The Morgan fingerprint density at radius 2 is 2.16 bits per heavy atom. The van der Waals surface area contributed by atoms with Gasteiger partial charge < -0.3 is 10.5 Å². The number of hydrogen-bond acceptors (Lipinski definition) is 3. The maximum atomic E-state index is 7.21. The predicted molar refractivity (Wildman–Crippen MR) is 74.5 cm³/mol. The number of pyridine rings is 1. The van der Waals surface area contributed by atoms with Gasteiger partial charge in [0.15, 0.2) is 0 Å². The summed E-state index contributed by atoms with van der Waals surface area (Å²) in [5.74, 6) is 1.01. The van der Waals surface area contributed by atoms with Crippen LogP contribution in [0.2, 0.25) is 0 Å². The van der Waals surface area contributed by atoms with E-state index in [2.05, 4.69) is 9.83 Å². The molecule has 96 valence electrons. The fourth-order valence-corrected chi connectivity index (χ4v) is 1.69. The van der Waals surface area contributed by atoms with Crippen molar-refractivity contribution in [1.82, 2.24) is 4.98 Å². The van der Waals surface area contributed by atoms with E-state index in [0.29, 0.717) is 23.9 Å². The Balaban J connectivity index is 2.25. The van der Waals surface area contributed by atoms with Gasteiger partial charge in [0.2, 0.25) is 11.6 Å². The minimum atomic E-state index is 0.480. The van der Waals surface area contributed by atoms with Gasteiger partial charge in [-0.25, -0.2) is 9.83 Å². The highest BCUT2D eigenvalue weighted by Gasteiger charge is 2.07. The average Bonchev–Trinajstić information content (AvgIpc) is 2.43. The molecule has 2 rings (SSSR count). The maximum absolute atomic E-state index is 7.21. The number of aromatic nitrogens is 1. The zero-order valence-electron chi connectivity index (χ0n) is 10.8. The number of rotatable bonds is 4. The van der Waals surface area contributed by atoms with Crippen molar-refractivity contribution in [2.75, 3.05) is 6.54 Å². The van der Waals surface area contributed by atoms with Gasteiger partial charge in [-0.15, -0.1) is 0 Å². The van der Waals surface area contributed by atoms with E-state index in [4.69, 9.17) is 17.0 Å². The molecule has 0 atom stereocenters. The minimum Gasteiger partial charge on any atom is -0.450 e. The lowest BCUT2D eigenvalue weighted by Crippen LogP contribution is -2.02. The van der Waals surface area contributed by atoms with Crippen LogP contribution in [0.1, 0.15) is 11.1 Å². The fourth-order valence-electron chi connectivity index (χ4n) is 1.69. The minimum absolute atomic E-state index is 0.480. The third-order valence-corrected chi connectivity index (χ3v) is 2.68. The molecule has 0 fully saturated rings. The molecular formula is C15H15N3O. The first-order valence-electron chi connectivity index (χ1n) is 6.04. The summed E-state index contributed by atoms with van der Waals surface area (Å²) in [7, 11) is 0. The van der Waals surface area contributed by atoms with Crippen molar-refractivity contribution >= 4 is 5.69 Å². The van der Waals surface area contributed by atoms with Crippen molar-refractivity contribution in [3.63, 3.8) is 0 Å². The molecule has 1 aromatic heterocycles. The van der Waals surface area contributed by atoms with Crippen LogP contribution in [-0.2, 0) is 6.42 Å². The second kappa shape index (κ2) is 5.98. The van der Waals surface area contributed by atoms with Gasteiger partial charge in [0.25, 0.3) is 0 Å². The van der Waals surface area contributed by atoms with E-state index in [-0.39, 0.29) is 0 Å². The number of aryl methyl sites for hydroxylation is 1. The molecule has 4 nitrogen and oxygen atoms in total. The summed E-state index contributed by atoms with van der Waals surface area (Å²) in [6.07, 6.45) is 2.49. The highest BCUT2D eigenvalue weighted by atomic mass is 16.5. The topological polar surface area (TPSA) is 52.5 Å². The fraction of sp³-hybridized carbons (Fsp3) is 0.200. The lowest BCUT2D eigenvalue weighted by molar-refractivity contribution is 0.465. The Morgan fingerprint density at radius 1 is 1.32 bits per heavy atom. The summed E-state index contributed by atoms with van der Waals surface area (Å²) < 4.78 is 5.63. The van der Waals surface area contributed by atoms with Crippen LogP contribution >= 0.6 is 0 Å². The smallest absolute Gasteiger partial charge is 0.229 e. The van der Waals surface area contributed by atoms with E-state index in [1.807, 2.05) is 25.1 Å². The van der Waals surface area contributed by atoms with Crippen molar-refractivity contribution in [1.29, 1.82) is 0 Å². The van der Waals surface area contributed by atoms with Gasteiger partial charge in [-0.2, -0.15) is 0 Å². The highest BCUT2D eigenvalue weighted by molar-refractivity contribution is 5.59. The third-order valence-electron chi connectivity index (χ3n) is 2.68. The summed E-state index contributed by atoms with van der Waals surface area (Å²) in [5, 5.41) is 0. The lowest BCUT2D eigenvalue weighted by atomic mass is 10.1. The number of ether oxygens (including phenoxy) is 1. The molecule has 19 heavy (non-hydrogen) atoms. The molecule has 2 aromatic rings. The molecule has 0 bridgehead atoms. The number of nitrogens with zero attached hydrogens (tertiary/aromatic N) is 2. The molecule has 1 heterocycles. The van der Waals surface area contributed by atoms with Crippen LogP contribution in [0.4, 0.5) is 5.69 Å². The van der Waals surface area contributed by atoms with E-state index in [1.165, 1.54) is 0 Å². The molecular weight excluding hydrogens is 238 g/mol. The summed E-state index contributed by atoms with van der Waals surface area (Å²) in [6.45, 7) is 9.73. The molecule has 1 aromatic carbocycles. The van der Waals surface area contributed by atoms with Crippen molar-refractivity contribution in [2.45, 2.75) is 13.3 Å². The Kier molecular flexibility index (Phi) is 4.11. The average molecular weight is 253 g/mol. The molecule has 0 aliphatic heterocycles. The van der Waals surface area contributed by atoms with Gasteiger partial charge in [0.05, 0.1) is 6.57 Å². The Bertz CT molecular complexity index is 600. The summed E-state index contributed by atoms with van der Waals surface area (Å²) in [5.41, 5.74) is 8.09. The van der Waals surface area contributed by atoms with Crippen LogP contribution < -0.4 is 10.5 Å². The first kappa shape index (κ1) is 13.1. The van der Waals surface area contributed by atoms with Gasteiger partial charge in [0.1, 0.15) is 5.75 Å². The van der Waals surface area contributed by atoms with Crippen LogP contribution in [0, 0.1) is 13.5 Å².